The maximum atomic E-state index is 12.0. The number of likely N-dealkylation sites (N-methyl/N-ethyl adjacent to an activating group) is 1. The van der Waals surface area contributed by atoms with Gasteiger partial charge in [0.15, 0.2) is 0 Å². The maximum Gasteiger partial charge on any atom is 0.292 e. The zero-order chi connectivity index (χ0) is 13.5. The number of amides is 1. The second-order valence-electron chi connectivity index (χ2n) is 5.94. The predicted octanol–water partition coefficient (Wildman–Crippen LogP) is 0.467. The van der Waals surface area contributed by atoms with Crippen molar-refractivity contribution in [2.45, 2.75) is 12.5 Å². The van der Waals surface area contributed by atoms with Crippen LogP contribution < -0.4 is 0 Å². The van der Waals surface area contributed by atoms with Crippen LogP contribution in [0.2, 0.25) is 0 Å². The molecule has 0 bridgehead atoms. The van der Waals surface area contributed by atoms with Crippen molar-refractivity contribution in [2.75, 3.05) is 40.3 Å². The Morgan fingerprint density at radius 2 is 2.37 bits per heavy atom. The number of aromatic nitrogens is 1. The van der Waals surface area contributed by atoms with Crippen molar-refractivity contribution in [1.29, 1.82) is 0 Å². The Bertz CT molecular complexity index is 452. The van der Waals surface area contributed by atoms with E-state index in [2.05, 4.69) is 24.2 Å². The fourth-order valence-electron chi connectivity index (χ4n) is 3.03. The zero-order valence-corrected chi connectivity index (χ0v) is 11.3. The number of carbonyl (C=O) groups is 1. The molecule has 0 unspecified atom stereocenters. The molecule has 2 fully saturated rings. The van der Waals surface area contributed by atoms with Crippen LogP contribution in [0.5, 0.6) is 0 Å². The summed E-state index contributed by atoms with van der Waals surface area (Å²) in [5.74, 6) is 0.248. The molecule has 1 atom stereocenters. The molecule has 0 N–H and O–H groups in total. The molecule has 1 aromatic heterocycles. The van der Waals surface area contributed by atoms with Gasteiger partial charge in [0, 0.05) is 31.1 Å². The van der Waals surface area contributed by atoms with E-state index in [1.807, 2.05) is 4.90 Å². The van der Waals surface area contributed by atoms with Crippen LogP contribution in [0.4, 0.5) is 0 Å². The van der Waals surface area contributed by atoms with Crippen LogP contribution in [-0.4, -0.2) is 67.3 Å². The standard InChI is InChI=1S/C13H19N3O3/c1-15(2)6-10-5-13(9-18-10)7-16(8-13)12(17)11-3-4-14-19-11/h3-4,10H,5-9H2,1-2H3/t10-/m0/s1. The lowest BCUT2D eigenvalue weighted by Gasteiger charge is -2.46. The van der Waals surface area contributed by atoms with Crippen molar-refractivity contribution in [3.63, 3.8) is 0 Å². The summed E-state index contributed by atoms with van der Waals surface area (Å²) >= 11 is 0. The molecule has 104 valence electrons. The highest BCUT2D eigenvalue weighted by molar-refractivity contribution is 5.92. The van der Waals surface area contributed by atoms with Gasteiger partial charge in [-0.25, -0.2) is 0 Å². The smallest absolute Gasteiger partial charge is 0.292 e. The maximum absolute atomic E-state index is 12.0. The zero-order valence-electron chi connectivity index (χ0n) is 11.3. The monoisotopic (exact) mass is 265 g/mol. The lowest BCUT2D eigenvalue weighted by Crippen LogP contribution is -2.59. The van der Waals surface area contributed by atoms with Crippen LogP contribution >= 0.6 is 0 Å². The fourth-order valence-corrected chi connectivity index (χ4v) is 3.03. The number of hydrogen-bond donors (Lipinski definition) is 0. The summed E-state index contributed by atoms with van der Waals surface area (Å²) in [7, 11) is 4.10. The summed E-state index contributed by atoms with van der Waals surface area (Å²) in [5, 5.41) is 3.57. The molecule has 3 heterocycles. The molecule has 0 aromatic carbocycles. The first kappa shape index (κ1) is 12.6. The molecule has 0 radical (unpaired) electrons. The van der Waals surface area contributed by atoms with E-state index in [1.165, 1.54) is 6.20 Å². The first-order valence-electron chi connectivity index (χ1n) is 6.54. The molecule has 6 heteroatoms. The lowest BCUT2D eigenvalue weighted by atomic mass is 9.77. The lowest BCUT2D eigenvalue weighted by molar-refractivity contribution is -0.00427. The predicted molar refractivity (Wildman–Crippen MR) is 67.8 cm³/mol. The third-order valence-electron chi connectivity index (χ3n) is 3.84. The highest BCUT2D eigenvalue weighted by Crippen LogP contribution is 2.41. The number of hydrogen-bond acceptors (Lipinski definition) is 5. The normalized spacial score (nSPS) is 25.0. The second-order valence-corrected chi connectivity index (χ2v) is 5.94. The molecule has 2 saturated heterocycles. The Labute approximate surface area is 112 Å². The van der Waals surface area contributed by atoms with E-state index in [4.69, 9.17) is 9.26 Å². The minimum absolute atomic E-state index is 0.0702. The summed E-state index contributed by atoms with van der Waals surface area (Å²) in [6.07, 6.45) is 2.82. The van der Waals surface area contributed by atoms with Gasteiger partial charge in [0.25, 0.3) is 5.91 Å². The fraction of sp³-hybridized carbons (Fsp3) is 0.692. The third-order valence-corrected chi connectivity index (χ3v) is 3.84. The molecule has 1 aromatic rings. The second kappa shape index (κ2) is 4.61. The van der Waals surface area contributed by atoms with Gasteiger partial charge in [-0.15, -0.1) is 0 Å². The van der Waals surface area contributed by atoms with E-state index in [0.717, 1.165) is 32.7 Å². The first-order chi connectivity index (χ1) is 9.08. The topological polar surface area (TPSA) is 58.8 Å². The molecule has 19 heavy (non-hydrogen) atoms. The van der Waals surface area contributed by atoms with Crippen molar-refractivity contribution >= 4 is 5.91 Å². The van der Waals surface area contributed by atoms with Crippen LogP contribution in [-0.2, 0) is 4.74 Å². The van der Waals surface area contributed by atoms with E-state index in [1.54, 1.807) is 6.07 Å². The van der Waals surface area contributed by atoms with Crippen molar-refractivity contribution in [3.05, 3.63) is 18.0 Å². The van der Waals surface area contributed by atoms with E-state index < -0.39 is 0 Å². The molecule has 2 aliphatic heterocycles. The van der Waals surface area contributed by atoms with Crippen LogP contribution in [0, 0.1) is 5.41 Å². The Hall–Kier alpha value is -1.40. The summed E-state index contributed by atoms with van der Waals surface area (Å²) in [4.78, 5) is 16.0. The van der Waals surface area contributed by atoms with Gasteiger partial charge in [-0.1, -0.05) is 5.16 Å². The molecule has 1 spiro atoms. The molecule has 0 saturated carbocycles. The van der Waals surface area contributed by atoms with Crippen molar-refractivity contribution < 1.29 is 14.1 Å². The average molecular weight is 265 g/mol. The molecular formula is C13H19N3O3. The number of rotatable bonds is 3. The van der Waals surface area contributed by atoms with Gasteiger partial charge in [0.05, 0.1) is 18.9 Å². The minimum Gasteiger partial charge on any atom is -0.376 e. The van der Waals surface area contributed by atoms with Crippen LogP contribution in [0.15, 0.2) is 16.8 Å². The van der Waals surface area contributed by atoms with E-state index in [9.17, 15) is 4.79 Å². The van der Waals surface area contributed by atoms with Crippen molar-refractivity contribution in [2.24, 2.45) is 5.41 Å². The molecule has 1 amide bonds. The van der Waals surface area contributed by atoms with Gasteiger partial charge >= 0.3 is 0 Å². The Morgan fingerprint density at radius 1 is 1.58 bits per heavy atom. The van der Waals surface area contributed by atoms with Gasteiger partial charge in [-0.3, -0.25) is 4.79 Å². The van der Waals surface area contributed by atoms with Gasteiger partial charge in [-0.05, 0) is 20.5 Å². The number of likely N-dealkylation sites (tertiary alicyclic amines) is 1. The highest BCUT2D eigenvalue weighted by Gasteiger charge is 2.51. The van der Waals surface area contributed by atoms with Gasteiger partial charge in [0.1, 0.15) is 0 Å². The van der Waals surface area contributed by atoms with Crippen LogP contribution in [0.1, 0.15) is 17.0 Å². The Kier molecular flexibility index (Phi) is 3.06. The summed E-state index contributed by atoms with van der Waals surface area (Å²) in [6, 6.07) is 1.60. The molecule has 0 aliphatic carbocycles. The highest BCUT2D eigenvalue weighted by atomic mass is 16.5. The molecule has 6 nitrogen and oxygen atoms in total. The van der Waals surface area contributed by atoms with Gasteiger partial charge < -0.3 is 19.1 Å². The average Bonchev–Trinajstić information content (AvgIpc) is 2.93. The summed E-state index contributed by atoms with van der Waals surface area (Å²) < 4.78 is 10.7. The van der Waals surface area contributed by atoms with E-state index in [0.29, 0.717) is 5.76 Å². The quantitative estimate of drug-likeness (QED) is 0.795. The largest absolute Gasteiger partial charge is 0.376 e. The SMILES string of the molecule is CN(C)C[C@@H]1CC2(CO1)CN(C(=O)c1ccno1)C2. The summed E-state index contributed by atoms with van der Waals surface area (Å²) in [6.45, 7) is 3.22. The molecule has 2 aliphatic rings. The molecule has 3 rings (SSSR count). The third kappa shape index (κ3) is 2.37. The van der Waals surface area contributed by atoms with Gasteiger partial charge in [0.2, 0.25) is 5.76 Å². The van der Waals surface area contributed by atoms with Crippen molar-refractivity contribution in [3.8, 4) is 0 Å². The van der Waals surface area contributed by atoms with Crippen molar-refractivity contribution in [1.82, 2.24) is 15.0 Å². The van der Waals surface area contributed by atoms with Crippen LogP contribution in [0.3, 0.4) is 0 Å². The summed E-state index contributed by atoms with van der Waals surface area (Å²) in [5.41, 5.74) is 0.163. The number of nitrogens with zero attached hydrogens (tertiary/aromatic N) is 3. The van der Waals surface area contributed by atoms with E-state index in [-0.39, 0.29) is 17.4 Å². The van der Waals surface area contributed by atoms with Gasteiger partial charge in [-0.2, -0.15) is 0 Å². The van der Waals surface area contributed by atoms with Crippen LogP contribution in [0.25, 0.3) is 0 Å². The minimum atomic E-state index is -0.0702. The Balaban J connectivity index is 1.54. The van der Waals surface area contributed by atoms with E-state index >= 15 is 0 Å². The Morgan fingerprint density at radius 3 is 3.00 bits per heavy atom. The number of carbonyl (C=O) groups excluding carboxylic acids is 1. The molecular weight excluding hydrogens is 246 g/mol. The number of ether oxygens (including phenoxy) is 1. The first-order valence-corrected chi connectivity index (χ1v) is 6.54.